The highest BCUT2D eigenvalue weighted by atomic mass is 16.3. The number of terminal acetylenes is 1. The molecule has 17 heavy (non-hydrogen) atoms. The van der Waals surface area contributed by atoms with Crippen molar-refractivity contribution in [3.05, 3.63) is 23.7 Å². The van der Waals surface area contributed by atoms with E-state index in [4.69, 9.17) is 10.8 Å². The quantitative estimate of drug-likeness (QED) is 0.727. The first-order valence-corrected chi connectivity index (χ1v) is 6.18. The normalized spacial score (nSPS) is 15.1. The van der Waals surface area contributed by atoms with Crippen molar-refractivity contribution >= 4 is 0 Å². The monoisotopic (exact) mass is 232 g/mol. The lowest BCUT2D eigenvalue weighted by atomic mass is 10.3. The van der Waals surface area contributed by atoms with Gasteiger partial charge in [0.05, 0.1) is 19.4 Å². The van der Waals surface area contributed by atoms with Crippen molar-refractivity contribution in [3.63, 3.8) is 0 Å². The molecule has 1 heterocycles. The Balaban J connectivity index is 1.88. The fourth-order valence-electron chi connectivity index (χ4n) is 2.01. The average molecular weight is 232 g/mol. The second kappa shape index (κ2) is 5.90. The van der Waals surface area contributed by atoms with Gasteiger partial charge in [0.2, 0.25) is 0 Å². The summed E-state index contributed by atoms with van der Waals surface area (Å²) < 4.78 is 5.55. The maximum absolute atomic E-state index is 5.55. The average Bonchev–Trinajstić information content (AvgIpc) is 3.00. The van der Waals surface area contributed by atoms with E-state index in [0.717, 1.165) is 31.3 Å². The Labute approximate surface area is 103 Å². The van der Waals surface area contributed by atoms with E-state index in [0.29, 0.717) is 6.54 Å². The highest BCUT2D eigenvalue weighted by Crippen LogP contribution is 2.30. The Kier molecular flexibility index (Phi) is 4.24. The minimum atomic E-state index is 0.707. The van der Waals surface area contributed by atoms with E-state index >= 15 is 0 Å². The van der Waals surface area contributed by atoms with Crippen LogP contribution in [0.3, 0.4) is 0 Å². The maximum atomic E-state index is 5.55. The fraction of sp³-hybridized carbons (Fsp3) is 0.571. The third-order valence-corrected chi connectivity index (χ3v) is 3.00. The molecule has 1 aliphatic carbocycles. The lowest BCUT2D eigenvalue weighted by Crippen LogP contribution is -2.25. The van der Waals surface area contributed by atoms with Crippen LogP contribution < -0.4 is 5.32 Å². The van der Waals surface area contributed by atoms with Crippen molar-refractivity contribution in [1.82, 2.24) is 10.2 Å². The Morgan fingerprint density at radius 2 is 2.41 bits per heavy atom. The van der Waals surface area contributed by atoms with Crippen LogP contribution >= 0.6 is 0 Å². The van der Waals surface area contributed by atoms with E-state index in [1.807, 2.05) is 13.3 Å². The van der Waals surface area contributed by atoms with Gasteiger partial charge in [-0.1, -0.05) is 5.92 Å². The molecule has 0 unspecified atom stereocenters. The molecule has 3 heteroatoms. The van der Waals surface area contributed by atoms with Crippen LogP contribution in [0.2, 0.25) is 0 Å². The lowest BCUT2D eigenvalue weighted by molar-refractivity contribution is 0.262. The summed E-state index contributed by atoms with van der Waals surface area (Å²) in [4.78, 5) is 2.29. The number of nitrogens with zero attached hydrogens (tertiary/aromatic N) is 1. The van der Waals surface area contributed by atoms with Crippen LogP contribution in [0, 0.1) is 18.3 Å². The van der Waals surface area contributed by atoms with Crippen LogP contribution in [0.5, 0.6) is 0 Å². The molecule has 1 aromatic rings. The number of furan rings is 1. The van der Waals surface area contributed by atoms with Crippen molar-refractivity contribution in [3.8, 4) is 12.3 Å². The maximum Gasteiger partial charge on any atom is 0.118 e. The van der Waals surface area contributed by atoms with Gasteiger partial charge in [0, 0.05) is 18.7 Å². The zero-order chi connectivity index (χ0) is 12.1. The molecule has 1 aliphatic rings. The second-order valence-electron chi connectivity index (χ2n) is 4.77. The summed E-state index contributed by atoms with van der Waals surface area (Å²) in [5, 5.41) is 3.11. The molecule has 0 bridgehead atoms. The highest BCUT2D eigenvalue weighted by molar-refractivity contribution is 5.12. The summed E-state index contributed by atoms with van der Waals surface area (Å²) >= 11 is 0. The van der Waals surface area contributed by atoms with Gasteiger partial charge in [-0.25, -0.2) is 0 Å². The third-order valence-electron chi connectivity index (χ3n) is 3.00. The largest absolute Gasteiger partial charge is 0.468 e. The molecule has 1 saturated carbocycles. The van der Waals surface area contributed by atoms with E-state index < -0.39 is 0 Å². The second-order valence-corrected chi connectivity index (χ2v) is 4.77. The van der Waals surface area contributed by atoms with Crippen molar-refractivity contribution in [2.75, 3.05) is 20.1 Å². The zero-order valence-corrected chi connectivity index (χ0v) is 10.4. The van der Waals surface area contributed by atoms with Crippen molar-refractivity contribution in [1.29, 1.82) is 0 Å². The molecular formula is C14H20N2O. The van der Waals surface area contributed by atoms with Crippen LogP contribution in [-0.2, 0) is 13.1 Å². The van der Waals surface area contributed by atoms with Gasteiger partial charge in [-0.15, -0.1) is 6.42 Å². The van der Waals surface area contributed by atoms with Gasteiger partial charge in [0.25, 0.3) is 0 Å². The molecule has 1 fully saturated rings. The summed E-state index contributed by atoms with van der Waals surface area (Å²) in [6.07, 6.45) is 9.92. The Morgan fingerprint density at radius 3 is 3.06 bits per heavy atom. The molecule has 92 valence electrons. The molecule has 2 rings (SSSR count). The minimum absolute atomic E-state index is 0.707. The van der Waals surface area contributed by atoms with Crippen molar-refractivity contribution < 1.29 is 4.42 Å². The number of hydrogen-bond donors (Lipinski definition) is 1. The van der Waals surface area contributed by atoms with E-state index in [-0.39, 0.29) is 0 Å². The van der Waals surface area contributed by atoms with E-state index in [1.165, 1.54) is 18.4 Å². The Bertz CT molecular complexity index is 387. The van der Waals surface area contributed by atoms with Crippen LogP contribution in [0.4, 0.5) is 0 Å². The molecular weight excluding hydrogens is 212 g/mol. The first-order valence-electron chi connectivity index (χ1n) is 6.18. The standard InChI is InChI=1S/C14H20N2O/c1-3-6-16(9-12-4-5-12)10-14-7-13(8-15-2)11-17-14/h1,7,11-12,15H,4-6,8-10H2,2H3. The molecule has 1 aromatic heterocycles. The predicted molar refractivity (Wildman–Crippen MR) is 68.3 cm³/mol. The first-order chi connectivity index (χ1) is 8.31. The first kappa shape index (κ1) is 12.2. The topological polar surface area (TPSA) is 28.4 Å². The van der Waals surface area contributed by atoms with Gasteiger partial charge >= 0.3 is 0 Å². The number of rotatable bonds is 7. The van der Waals surface area contributed by atoms with Gasteiger partial charge in [-0.3, -0.25) is 4.90 Å². The van der Waals surface area contributed by atoms with Gasteiger partial charge < -0.3 is 9.73 Å². The molecule has 0 atom stereocenters. The number of hydrogen-bond acceptors (Lipinski definition) is 3. The summed E-state index contributed by atoms with van der Waals surface area (Å²) in [6.45, 7) is 3.48. The molecule has 0 aromatic carbocycles. The summed E-state index contributed by atoms with van der Waals surface area (Å²) in [5.41, 5.74) is 1.19. The van der Waals surface area contributed by atoms with Crippen LogP contribution in [-0.4, -0.2) is 25.0 Å². The zero-order valence-electron chi connectivity index (χ0n) is 10.4. The molecule has 0 radical (unpaired) electrons. The fourth-order valence-corrected chi connectivity index (χ4v) is 2.01. The van der Waals surface area contributed by atoms with E-state index in [2.05, 4.69) is 22.2 Å². The number of nitrogens with one attached hydrogen (secondary N) is 1. The molecule has 0 amide bonds. The lowest BCUT2D eigenvalue weighted by Gasteiger charge is -2.17. The van der Waals surface area contributed by atoms with Crippen LogP contribution in [0.1, 0.15) is 24.2 Å². The molecule has 0 spiro atoms. The van der Waals surface area contributed by atoms with Gasteiger partial charge in [-0.05, 0) is 31.9 Å². The van der Waals surface area contributed by atoms with E-state index in [9.17, 15) is 0 Å². The summed E-state index contributed by atoms with van der Waals surface area (Å²) in [7, 11) is 1.93. The predicted octanol–water partition coefficient (Wildman–Crippen LogP) is 1.84. The Morgan fingerprint density at radius 1 is 1.59 bits per heavy atom. The molecule has 0 saturated heterocycles. The van der Waals surface area contributed by atoms with Crippen LogP contribution in [0.15, 0.2) is 16.7 Å². The minimum Gasteiger partial charge on any atom is -0.468 e. The van der Waals surface area contributed by atoms with Gasteiger partial charge in [0.15, 0.2) is 0 Å². The van der Waals surface area contributed by atoms with Crippen molar-refractivity contribution in [2.24, 2.45) is 5.92 Å². The molecule has 1 N–H and O–H groups in total. The van der Waals surface area contributed by atoms with Gasteiger partial charge in [0.1, 0.15) is 5.76 Å². The SMILES string of the molecule is C#CCN(Cc1cc(CNC)co1)CC1CC1. The molecule has 0 aliphatic heterocycles. The molecule has 3 nitrogen and oxygen atoms in total. The smallest absolute Gasteiger partial charge is 0.118 e. The van der Waals surface area contributed by atoms with Crippen molar-refractivity contribution in [2.45, 2.75) is 25.9 Å². The van der Waals surface area contributed by atoms with Crippen LogP contribution in [0.25, 0.3) is 0 Å². The van der Waals surface area contributed by atoms with E-state index in [1.54, 1.807) is 0 Å². The van der Waals surface area contributed by atoms with Gasteiger partial charge in [-0.2, -0.15) is 0 Å². The third kappa shape index (κ3) is 3.92. The summed E-state index contributed by atoms with van der Waals surface area (Å²) in [5.74, 6) is 4.59. The highest BCUT2D eigenvalue weighted by Gasteiger charge is 2.24. The summed E-state index contributed by atoms with van der Waals surface area (Å²) in [6, 6.07) is 2.10. The Hall–Kier alpha value is -1.24.